The fourth-order valence-electron chi connectivity index (χ4n) is 3.68. The van der Waals surface area contributed by atoms with Crippen LogP contribution in [-0.4, -0.2) is 46.0 Å². The maximum absolute atomic E-state index is 13.6. The van der Waals surface area contributed by atoms with Gasteiger partial charge < -0.3 is 20.3 Å². The van der Waals surface area contributed by atoms with E-state index in [1.54, 1.807) is 32.6 Å². The van der Waals surface area contributed by atoms with Gasteiger partial charge in [-0.1, -0.05) is 29.3 Å². The molecule has 1 aliphatic carbocycles. The van der Waals surface area contributed by atoms with Crippen LogP contribution in [0.25, 0.3) is 0 Å². The van der Waals surface area contributed by atoms with E-state index >= 15 is 0 Å². The Hall–Kier alpha value is -2.57. The second-order valence-electron chi connectivity index (χ2n) is 10.9. The van der Waals surface area contributed by atoms with Gasteiger partial charge in [-0.25, -0.2) is 4.79 Å². The fourth-order valence-corrected chi connectivity index (χ4v) is 3.68. The number of hydrogen-bond acceptors (Lipinski definition) is 4. The summed E-state index contributed by atoms with van der Waals surface area (Å²) in [5.74, 6) is -0.529. The lowest BCUT2D eigenvalue weighted by molar-refractivity contribution is -0.143. The molecule has 1 saturated carbocycles. The molecule has 0 aromatic heterocycles. The first-order valence-corrected chi connectivity index (χ1v) is 11.3. The van der Waals surface area contributed by atoms with Crippen LogP contribution in [0.3, 0.4) is 0 Å². The number of carbonyl (C=O) groups is 3. The second-order valence-corrected chi connectivity index (χ2v) is 10.9. The summed E-state index contributed by atoms with van der Waals surface area (Å²) in [5, 5.41) is 5.67. The van der Waals surface area contributed by atoms with Crippen LogP contribution in [0.5, 0.6) is 0 Å². The quantitative estimate of drug-likeness (QED) is 0.688. The molecule has 0 spiro atoms. The minimum Gasteiger partial charge on any atom is -0.444 e. The lowest BCUT2D eigenvalue weighted by Gasteiger charge is -2.35. The van der Waals surface area contributed by atoms with E-state index < -0.39 is 29.3 Å². The van der Waals surface area contributed by atoms with E-state index in [-0.39, 0.29) is 17.9 Å². The van der Waals surface area contributed by atoms with E-state index in [4.69, 9.17) is 4.74 Å². The zero-order valence-corrected chi connectivity index (χ0v) is 21.0. The summed E-state index contributed by atoms with van der Waals surface area (Å²) in [6.07, 6.45) is 1.00. The van der Waals surface area contributed by atoms with Gasteiger partial charge in [0.2, 0.25) is 11.8 Å². The molecule has 0 aliphatic heterocycles. The fraction of sp³-hybridized carbons (Fsp3) is 0.640. The molecule has 0 bridgehead atoms. The van der Waals surface area contributed by atoms with Crippen LogP contribution in [0.15, 0.2) is 18.2 Å². The largest absolute Gasteiger partial charge is 0.444 e. The second kappa shape index (κ2) is 9.51. The first-order chi connectivity index (χ1) is 14.6. The molecule has 2 atom stereocenters. The first kappa shape index (κ1) is 25.7. The average molecular weight is 446 g/mol. The lowest BCUT2D eigenvalue weighted by Crippen LogP contribution is -2.54. The Morgan fingerprint density at radius 1 is 1.00 bits per heavy atom. The molecule has 7 nitrogen and oxygen atoms in total. The van der Waals surface area contributed by atoms with Gasteiger partial charge in [0.05, 0.1) is 0 Å². The molecular formula is C25H39N3O4. The Balaban J connectivity index is 2.40. The third-order valence-electron chi connectivity index (χ3n) is 4.88. The van der Waals surface area contributed by atoms with Gasteiger partial charge in [0, 0.05) is 11.6 Å². The monoisotopic (exact) mass is 445 g/mol. The number of amides is 3. The molecule has 178 valence electrons. The van der Waals surface area contributed by atoms with Crippen LogP contribution < -0.4 is 10.6 Å². The van der Waals surface area contributed by atoms with E-state index in [0.717, 1.165) is 29.5 Å². The summed E-state index contributed by atoms with van der Waals surface area (Å²) < 4.78 is 5.30. The molecule has 0 heterocycles. The van der Waals surface area contributed by atoms with Crippen molar-refractivity contribution in [3.05, 3.63) is 34.9 Å². The van der Waals surface area contributed by atoms with Crippen LogP contribution in [-0.2, 0) is 14.3 Å². The molecule has 1 fully saturated rings. The van der Waals surface area contributed by atoms with Gasteiger partial charge >= 0.3 is 6.09 Å². The highest BCUT2D eigenvalue weighted by Gasteiger charge is 2.43. The van der Waals surface area contributed by atoms with Gasteiger partial charge in [0.25, 0.3) is 0 Å². The van der Waals surface area contributed by atoms with E-state index in [1.165, 1.54) is 0 Å². The highest BCUT2D eigenvalue weighted by molar-refractivity contribution is 5.92. The van der Waals surface area contributed by atoms with Crippen molar-refractivity contribution in [1.29, 1.82) is 0 Å². The van der Waals surface area contributed by atoms with Crippen LogP contribution in [0.4, 0.5) is 4.79 Å². The summed E-state index contributed by atoms with van der Waals surface area (Å²) >= 11 is 0. The number of benzene rings is 1. The van der Waals surface area contributed by atoms with Gasteiger partial charge in [0.1, 0.15) is 17.7 Å². The zero-order chi connectivity index (χ0) is 24.4. The van der Waals surface area contributed by atoms with Gasteiger partial charge in [-0.05, 0) is 80.7 Å². The average Bonchev–Trinajstić information content (AvgIpc) is 3.39. The maximum atomic E-state index is 13.6. The third-order valence-corrected chi connectivity index (χ3v) is 4.88. The summed E-state index contributed by atoms with van der Waals surface area (Å²) in [5.41, 5.74) is 1.70. The topological polar surface area (TPSA) is 87.7 Å². The minimum atomic E-state index is -0.832. The first-order valence-electron chi connectivity index (χ1n) is 11.3. The summed E-state index contributed by atoms with van der Waals surface area (Å²) in [7, 11) is 0. The number of hydrogen-bond donors (Lipinski definition) is 2. The van der Waals surface area contributed by atoms with Crippen molar-refractivity contribution in [3.63, 3.8) is 0 Å². The molecule has 2 rings (SSSR count). The lowest BCUT2D eigenvalue weighted by atomic mass is 9.97. The number of ether oxygens (including phenoxy) is 1. The minimum absolute atomic E-state index is 0.0399. The summed E-state index contributed by atoms with van der Waals surface area (Å²) in [4.78, 5) is 40.9. The molecule has 7 heteroatoms. The van der Waals surface area contributed by atoms with Gasteiger partial charge in [-0.2, -0.15) is 0 Å². The Morgan fingerprint density at radius 2 is 1.53 bits per heavy atom. The molecule has 1 aromatic rings. The smallest absolute Gasteiger partial charge is 0.408 e. The van der Waals surface area contributed by atoms with Crippen molar-refractivity contribution in [2.45, 2.75) is 104 Å². The highest BCUT2D eigenvalue weighted by atomic mass is 16.6. The van der Waals surface area contributed by atoms with Crippen molar-refractivity contribution in [1.82, 2.24) is 15.5 Å². The molecule has 0 radical (unpaired) electrons. The van der Waals surface area contributed by atoms with Crippen LogP contribution in [0, 0.1) is 13.8 Å². The van der Waals surface area contributed by atoms with Crippen molar-refractivity contribution in [2.24, 2.45) is 0 Å². The van der Waals surface area contributed by atoms with Gasteiger partial charge in [-0.15, -0.1) is 0 Å². The van der Waals surface area contributed by atoms with Gasteiger partial charge in [-0.3, -0.25) is 9.59 Å². The molecule has 1 aromatic carbocycles. The number of aryl methyl sites for hydroxylation is 2. The van der Waals surface area contributed by atoms with E-state index in [2.05, 4.69) is 10.6 Å². The molecule has 2 N–H and O–H groups in total. The number of nitrogens with one attached hydrogen (secondary N) is 2. The standard InChI is InChI=1S/C25H39N3O4/c1-15-12-16(2)14-18(13-15)20(21(29)27-24(4,5)6)28(19-10-11-19)22(30)17(3)26-23(31)32-25(7,8)9/h12-14,17,19-20H,10-11H2,1-9H3,(H,26,31)(H,27,29). The van der Waals surface area contributed by atoms with E-state index in [0.29, 0.717) is 0 Å². The number of nitrogens with zero attached hydrogens (tertiary/aromatic N) is 1. The Morgan fingerprint density at radius 3 is 1.97 bits per heavy atom. The van der Waals surface area contributed by atoms with E-state index in [1.807, 2.05) is 52.8 Å². The summed E-state index contributed by atoms with van der Waals surface area (Å²) in [6.45, 7) is 16.6. The highest BCUT2D eigenvalue weighted by Crippen LogP contribution is 2.36. The van der Waals surface area contributed by atoms with Crippen LogP contribution >= 0.6 is 0 Å². The van der Waals surface area contributed by atoms with Crippen molar-refractivity contribution < 1.29 is 19.1 Å². The number of carbonyl (C=O) groups excluding carboxylic acids is 3. The Bertz CT molecular complexity index is 843. The molecule has 32 heavy (non-hydrogen) atoms. The Labute approximate surface area is 192 Å². The molecule has 3 amide bonds. The molecule has 2 unspecified atom stereocenters. The van der Waals surface area contributed by atoms with E-state index in [9.17, 15) is 14.4 Å². The molecule has 1 aliphatic rings. The molecular weight excluding hydrogens is 406 g/mol. The molecule has 0 saturated heterocycles. The van der Waals surface area contributed by atoms with Crippen molar-refractivity contribution in [2.75, 3.05) is 0 Å². The van der Waals surface area contributed by atoms with Crippen molar-refractivity contribution in [3.8, 4) is 0 Å². The maximum Gasteiger partial charge on any atom is 0.408 e. The normalized spacial score (nSPS) is 16.0. The zero-order valence-electron chi connectivity index (χ0n) is 21.0. The number of alkyl carbamates (subject to hydrolysis) is 1. The van der Waals surface area contributed by atoms with Gasteiger partial charge in [0.15, 0.2) is 0 Å². The third kappa shape index (κ3) is 7.53. The SMILES string of the molecule is Cc1cc(C)cc(C(C(=O)NC(C)(C)C)N(C(=O)C(C)NC(=O)OC(C)(C)C)C2CC2)c1. The predicted octanol–water partition coefficient (Wildman–Crippen LogP) is 4.16. The summed E-state index contributed by atoms with van der Waals surface area (Å²) in [6, 6.07) is 4.29. The Kier molecular flexibility index (Phi) is 7.63. The predicted molar refractivity (Wildman–Crippen MR) is 125 cm³/mol. The van der Waals surface area contributed by atoms with Crippen molar-refractivity contribution >= 4 is 17.9 Å². The van der Waals surface area contributed by atoms with Crippen LogP contribution in [0.2, 0.25) is 0 Å². The number of rotatable bonds is 6. The van der Waals surface area contributed by atoms with Crippen LogP contribution in [0.1, 0.15) is 84.0 Å².